The summed E-state index contributed by atoms with van der Waals surface area (Å²) >= 11 is 0. The minimum atomic E-state index is -0.740. The maximum Gasteiger partial charge on any atom is 0.190 e. The summed E-state index contributed by atoms with van der Waals surface area (Å²) in [6.45, 7) is 4.34. The molecule has 0 bridgehead atoms. The Kier molecular flexibility index (Phi) is 5.46. The third-order valence-corrected chi connectivity index (χ3v) is 4.81. The first kappa shape index (κ1) is 19.1. The molecule has 2 saturated heterocycles. The highest BCUT2D eigenvalue weighted by atomic mass is 16.8. The summed E-state index contributed by atoms with van der Waals surface area (Å²) in [5.74, 6) is -0.740. The van der Waals surface area contributed by atoms with Crippen molar-refractivity contribution in [3.05, 3.63) is 77.0 Å². The molecule has 2 heterocycles. The molecule has 4 rings (SSSR count). The Morgan fingerprint density at radius 1 is 1.00 bits per heavy atom. The third kappa shape index (κ3) is 4.42. The standard InChI is InChI=1S/C22H25NO5/c1-22(2)27-20-19(25-15-17-11-7-4-8-12-17)18(26-21(20)28-22)14-23(24)13-16-9-5-3-6-10-16/h3-12,14,18-21H,13,15H2,1-2H3/b23-14-/t18-,19+,20-,21-/m1/s1. The molecule has 0 N–H and O–H groups in total. The van der Waals surface area contributed by atoms with E-state index in [0.29, 0.717) is 6.61 Å². The zero-order valence-corrected chi connectivity index (χ0v) is 16.1. The van der Waals surface area contributed by atoms with Crippen LogP contribution in [0, 0.1) is 5.21 Å². The summed E-state index contributed by atoms with van der Waals surface area (Å²) in [4.78, 5) is 0. The van der Waals surface area contributed by atoms with Crippen molar-refractivity contribution < 1.29 is 23.7 Å². The van der Waals surface area contributed by atoms with Crippen LogP contribution in [0.25, 0.3) is 0 Å². The molecule has 2 aliphatic rings. The monoisotopic (exact) mass is 383 g/mol. The molecule has 0 saturated carbocycles. The Morgan fingerprint density at radius 3 is 2.32 bits per heavy atom. The van der Waals surface area contributed by atoms with E-state index in [2.05, 4.69) is 0 Å². The Labute approximate surface area is 164 Å². The van der Waals surface area contributed by atoms with Crippen molar-refractivity contribution in [1.82, 2.24) is 0 Å². The van der Waals surface area contributed by atoms with E-state index in [1.807, 2.05) is 74.5 Å². The molecular formula is C22H25NO5. The van der Waals surface area contributed by atoms with E-state index < -0.39 is 24.3 Å². The maximum absolute atomic E-state index is 12.5. The first-order chi connectivity index (χ1) is 13.5. The largest absolute Gasteiger partial charge is 0.624 e. The summed E-state index contributed by atoms with van der Waals surface area (Å²) in [5.41, 5.74) is 1.98. The normalized spacial score (nSPS) is 29.0. The van der Waals surface area contributed by atoms with Gasteiger partial charge in [0.2, 0.25) is 0 Å². The molecule has 0 unspecified atom stereocenters. The SMILES string of the molecule is CC1(C)O[C@H]2O[C@H](/C=[N+](\[O-])Cc3ccccc3)[C@H](OCc3ccccc3)[C@H]2O1. The average molecular weight is 383 g/mol. The van der Waals surface area contributed by atoms with E-state index in [9.17, 15) is 5.21 Å². The van der Waals surface area contributed by atoms with E-state index >= 15 is 0 Å². The zero-order chi connectivity index (χ0) is 19.6. The number of fused-ring (bicyclic) bond motifs is 1. The van der Waals surface area contributed by atoms with Crippen LogP contribution in [-0.2, 0) is 32.1 Å². The van der Waals surface area contributed by atoms with Gasteiger partial charge < -0.3 is 24.2 Å². The molecule has 2 aromatic rings. The lowest BCUT2D eigenvalue weighted by atomic mass is 10.1. The molecule has 6 nitrogen and oxygen atoms in total. The van der Waals surface area contributed by atoms with Gasteiger partial charge in [0.05, 0.1) is 6.61 Å². The van der Waals surface area contributed by atoms with Gasteiger partial charge in [0, 0.05) is 5.56 Å². The van der Waals surface area contributed by atoms with Gasteiger partial charge in [-0.25, -0.2) is 4.74 Å². The molecule has 4 atom stereocenters. The number of hydrogen-bond donors (Lipinski definition) is 0. The van der Waals surface area contributed by atoms with Gasteiger partial charge in [-0.3, -0.25) is 0 Å². The van der Waals surface area contributed by atoms with Crippen molar-refractivity contribution in [2.24, 2.45) is 0 Å². The second kappa shape index (κ2) is 8.01. The highest BCUT2D eigenvalue weighted by molar-refractivity contribution is 5.60. The zero-order valence-electron chi connectivity index (χ0n) is 16.1. The maximum atomic E-state index is 12.5. The Bertz CT molecular complexity index is 808. The van der Waals surface area contributed by atoms with Gasteiger partial charge in [-0.1, -0.05) is 60.7 Å². The lowest BCUT2D eigenvalue weighted by molar-refractivity contribution is -0.473. The van der Waals surface area contributed by atoms with Crippen molar-refractivity contribution in [1.29, 1.82) is 0 Å². The van der Waals surface area contributed by atoms with Crippen LogP contribution in [0.2, 0.25) is 0 Å². The summed E-state index contributed by atoms with van der Waals surface area (Å²) in [6.07, 6.45) is -0.400. The minimum Gasteiger partial charge on any atom is -0.624 e. The van der Waals surface area contributed by atoms with Crippen LogP contribution in [0.1, 0.15) is 25.0 Å². The second-order valence-electron chi connectivity index (χ2n) is 7.54. The van der Waals surface area contributed by atoms with Gasteiger partial charge >= 0.3 is 0 Å². The highest BCUT2D eigenvalue weighted by Crippen LogP contribution is 2.38. The Hall–Kier alpha value is -2.25. The first-order valence-corrected chi connectivity index (χ1v) is 9.49. The first-order valence-electron chi connectivity index (χ1n) is 9.49. The van der Waals surface area contributed by atoms with Crippen LogP contribution < -0.4 is 0 Å². The smallest absolute Gasteiger partial charge is 0.190 e. The van der Waals surface area contributed by atoms with E-state index in [1.165, 1.54) is 6.21 Å². The lowest BCUT2D eigenvalue weighted by Crippen LogP contribution is -2.38. The van der Waals surface area contributed by atoms with Crippen molar-refractivity contribution in [3.63, 3.8) is 0 Å². The van der Waals surface area contributed by atoms with Crippen molar-refractivity contribution in [3.8, 4) is 0 Å². The Balaban J connectivity index is 1.49. The summed E-state index contributed by atoms with van der Waals surface area (Å²) in [6, 6.07) is 19.5. The number of ether oxygens (including phenoxy) is 4. The number of benzene rings is 2. The molecule has 0 amide bonds. The van der Waals surface area contributed by atoms with Gasteiger partial charge in [0.25, 0.3) is 0 Å². The number of rotatable bonds is 6. The summed E-state index contributed by atoms with van der Waals surface area (Å²) in [7, 11) is 0. The summed E-state index contributed by atoms with van der Waals surface area (Å²) < 4.78 is 24.8. The fraction of sp³-hybridized carbons (Fsp3) is 0.409. The van der Waals surface area contributed by atoms with Crippen LogP contribution in [0.3, 0.4) is 0 Å². The molecule has 6 heteroatoms. The average Bonchev–Trinajstić information content (AvgIpc) is 3.12. The van der Waals surface area contributed by atoms with Crippen LogP contribution in [0.4, 0.5) is 0 Å². The molecule has 2 aromatic carbocycles. The molecule has 2 fully saturated rings. The van der Waals surface area contributed by atoms with Gasteiger partial charge in [-0.05, 0) is 19.4 Å². The second-order valence-corrected chi connectivity index (χ2v) is 7.54. The van der Waals surface area contributed by atoms with Crippen molar-refractivity contribution in [2.45, 2.75) is 57.4 Å². The minimum absolute atomic E-state index is 0.245. The molecule has 2 aliphatic heterocycles. The summed E-state index contributed by atoms with van der Waals surface area (Å²) in [5, 5.41) is 12.5. The molecule has 0 aliphatic carbocycles. The van der Waals surface area contributed by atoms with Crippen LogP contribution in [-0.4, -0.2) is 41.3 Å². The van der Waals surface area contributed by atoms with Gasteiger partial charge in [-0.2, -0.15) is 0 Å². The van der Waals surface area contributed by atoms with Crippen LogP contribution >= 0.6 is 0 Å². The number of nitrogens with zero attached hydrogens (tertiary/aromatic N) is 1. The molecule has 28 heavy (non-hydrogen) atoms. The van der Waals surface area contributed by atoms with E-state index in [1.54, 1.807) is 0 Å². The number of hydroxylamine groups is 1. The van der Waals surface area contributed by atoms with E-state index in [-0.39, 0.29) is 12.6 Å². The predicted octanol–water partition coefficient (Wildman–Crippen LogP) is 3.23. The van der Waals surface area contributed by atoms with Gasteiger partial charge in [-0.15, -0.1) is 0 Å². The predicted molar refractivity (Wildman–Crippen MR) is 104 cm³/mol. The van der Waals surface area contributed by atoms with Crippen molar-refractivity contribution >= 4 is 6.21 Å². The van der Waals surface area contributed by atoms with Crippen LogP contribution in [0.15, 0.2) is 60.7 Å². The number of hydrogen-bond acceptors (Lipinski definition) is 5. The molecule has 0 aromatic heterocycles. The topological polar surface area (TPSA) is 63.0 Å². The molecular weight excluding hydrogens is 358 g/mol. The van der Waals surface area contributed by atoms with Gasteiger partial charge in [0.1, 0.15) is 12.2 Å². The lowest BCUT2D eigenvalue weighted by Gasteiger charge is -2.24. The Morgan fingerprint density at radius 2 is 1.64 bits per heavy atom. The van der Waals surface area contributed by atoms with Gasteiger partial charge in [0.15, 0.2) is 30.9 Å². The fourth-order valence-corrected chi connectivity index (χ4v) is 3.56. The van der Waals surface area contributed by atoms with Crippen LogP contribution in [0.5, 0.6) is 0 Å². The highest BCUT2D eigenvalue weighted by Gasteiger charge is 2.56. The quantitative estimate of drug-likeness (QED) is 0.332. The van der Waals surface area contributed by atoms with E-state index in [4.69, 9.17) is 18.9 Å². The molecule has 148 valence electrons. The van der Waals surface area contributed by atoms with Crippen molar-refractivity contribution in [2.75, 3.05) is 0 Å². The molecule has 0 radical (unpaired) electrons. The van der Waals surface area contributed by atoms with E-state index in [0.717, 1.165) is 15.9 Å². The third-order valence-electron chi connectivity index (χ3n) is 4.81. The molecule has 0 spiro atoms. The fourth-order valence-electron chi connectivity index (χ4n) is 3.56.